The van der Waals surface area contributed by atoms with Crippen LogP contribution in [-0.4, -0.2) is 6.04 Å². The first-order valence-corrected chi connectivity index (χ1v) is 5.20. The Kier molecular flexibility index (Phi) is 2.28. The van der Waals surface area contributed by atoms with Crippen molar-refractivity contribution in [3.05, 3.63) is 34.5 Å². The van der Waals surface area contributed by atoms with Gasteiger partial charge in [0.05, 0.1) is 0 Å². The molecule has 2 rings (SSSR count). The van der Waals surface area contributed by atoms with Crippen molar-refractivity contribution in [2.75, 3.05) is 0 Å². The summed E-state index contributed by atoms with van der Waals surface area (Å²) < 4.78 is 0. The summed E-state index contributed by atoms with van der Waals surface area (Å²) in [4.78, 5) is 1.44. The normalized spacial score (nSPS) is 29.1. The molecular weight excluding hydrogens is 166 g/mol. The van der Waals surface area contributed by atoms with Crippen LogP contribution in [0.5, 0.6) is 0 Å². The van der Waals surface area contributed by atoms with Crippen LogP contribution < -0.4 is 5.73 Å². The van der Waals surface area contributed by atoms with E-state index in [0.717, 1.165) is 12.8 Å². The zero-order valence-electron chi connectivity index (χ0n) is 6.94. The topological polar surface area (TPSA) is 26.0 Å². The van der Waals surface area contributed by atoms with E-state index >= 15 is 0 Å². The summed E-state index contributed by atoms with van der Waals surface area (Å²) in [5.41, 5.74) is 6.03. The van der Waals surface area contributed by atoms with Crippen molar-refractivity contribution in [1.29, 1.82) is 0 Å². The smallest absolute Gasteiger partial charge is 0.0153 e. The van der Waals surface area contributed by atoms with E-state index < -0.39 is 0 Å². The second-order valence-corrected chi connectivity index (χ2v) is 4.21. The van der Waals surface area contributed by atoms with Gasteiger partial charge in [0.15, 0.2) is 0 Å². The van der Waals surface area contributed by atoms with Crippen LogP contribution in [0, 0.1) is 0 Å². The molecule has 0 unspecified atom stereocenters. The van der Waals surface area contributed by atoms with Crippen LogP contribution in [0.1, 0.15) is 23.6 Å². The monoisotopic (exact) mass is 179 g/mol. The van der Waals surface area contributed by atoms with E-state index in [-0.39, 0.29) is 0 Å². The third kappa shape index (κ3) is 1.45. The van der Waals surface area contributed by atoms with Crippen LogP contribution >= 0.6 is 11.3 Å². The fourth-order valence-corrected chi connectivity index (χ4v) is 2.58. The maximum Gasteiger partial charge on any atom is 0.0153 e. The first kappa shape index (κ1) is 8.02. The molecule has 1 aliphatic carbocycles. The Hall–Kier alpha value is -0.600. The summed E-state index contributed by atoms with van der Waals surface area (Å²) in [5, 5.41) is 2.13. The first-order valence-electron chi connectivity index (χ1n) is 4.32. The van der Waals surface area contributed by atoms with Crippen molar-refractivity contribution < 1.29 is 0 Å². The summed E-state index contributed by atoms with van der Waals surface area (Å²) in [7, 11) is 0. The molecule has 0 aliphatic heterocycles. The van der Waals surface area contributed by atoms with Crippen molar-refractivity contribution >= 4 is 11.3 Å². The van der Waals surface area contributed by atoms with E-state index in [0.29, 0.717) is 12.0 Å². The summed E-state index contributed by atoms with van der Waals surface area (Å²) in [6.07, 6.45) is 6.58. The van der Waals surface area contributed by atoms with Gasteiger partial charge in [0.25, 0.3) is 0 Å². The molecule has 0 saturated carbocycles. The summed E-state index contributed by atoms with van der Waals surface area (Å²) in [5.74, 6) is 0.565. The van der Waals surface area contributed by atoms with Crippen molar-refractivity contribution in [3.63, 3.8) is 0 Å². The quantitative estimate of drug-likeness (QED) is 0.659. The van der Waals surface area contributed by atoms with E-state index in [4.69, 9.17) is 5.73 Å². The molecule has 64 valence electrons. The molecular formula is C10H13NS. The highest BCUT2D eigenvalue weighted by Crippen LogP contribution is 2.30. The molecule has 0 radical (unpaired) electrons. The third-order valence-electron chi connectivity index (χ3n) is 2.39. The lowest BCUT2D eigenvalue weighted by atomic mass is 9.88. The lowest BCUT2D eigenvalue weighted by Gasteiger charge is -2.23. The van der Waals surface area contributed by atoms with Crippen LogP contribution in [-0.2, 0) is 0 Å². The molecule has 0 fully saturated rings. The zero-order chi connectivity index (χ0) is 8.39. The summed E-state index contributed by atoms with van der Waals surface area (Å²) in [6, 6.07) is 4.62. The molecule has 1 aromatic rings. The van der Waals surface area contributed by atoms with E-state index in [9.17, 15) is 0 Å². The molecule has 1 aliphatic rings. The standard InChI is InChI=1S/C10H13NS/c11-9-5-2-1-4-8(9)10-6-3-7-12-10/h1-3,6-9H,4-5,11H2/t8-,9-/m1/s1. The third-order valence-corrected chi connectivity index (χ3v) is 3.39. The lowest BCUT2D eigenvalue weighted by molar-refractivity contribution is 0.528. The van der Waals surface area contributed by atoms with Gasteiger partial charge < -0.3 is 5.73 Å². The van der Waals surface area contributed by atoms with E-state index in [1.165, 1.54) is 4.88 Å². The molecule has 2 N–H and O–H groups in total. The highest BCUT2D eigenvalue weighted by molar-refractivity contribution is 7.10. The Morgan fingerprint density at radius 3 is 2.83 bits per heavy atom. The minimum Gasteiger partial charge on any atom is -0.327 e. The van der Waals surface area contributed by atoms with Crippen molar-refractivity contribution in [2.45, 2.75) is 24.8 Å². The molecule has 0 aromatic carbocycles. The fourth-order valence-electron chi connectivity index (χ4n) is 1.66. The van der Waals surface area contributed by atoms with Gasteiger partial charge >= 0.3 is 0 Å². The molecule has 1 heterocycles. The van der Waals surface area contributed by atoms with E-state index in [2.05, 4.69) is 29.7 Å². The molecule has 2 atom stereocenters. The average molecular weight is 179 g/mol. The van der Waals surface area contributed by atoms with Crippen LogP contribution in [0.2, 0.25) is 0 Å². The van der Waals surface area contributed by atoms with Crippen LogP contribution in [0.25, 0.3) is 0 Å². The van der Waals surface area contributed by atoms with Gasteiger partial charge in [0, 0.05) is 16.8 Å². The van der Waals surface area contributed by atoms with Gasteiger partial charge in [-0.1, -0.05) is 18.2 Å². The first-order chi connectivity index (χ1) is 5.88. The van der Waals surface area contributed by atoms with Gasteiger partial charge in [0.1, 0.15) is 0 Å². The second kappa shape index (κ2) is 3.42. The molecule has 1 nitrogen and oxygen atoms in total. The molecule has 0 amide bonds. The Balaban J connectivity index is 2.18. The molecule has 0 spiro atoms. The lowest BCUT2D eigenvalue weighted by Crippen LogP contribution is -2.28. The van der Waals surface area contributed by atoms with Crippen LogP contribution in [0.3, 0.4) is 0 Å². The highest BCUT2D eigenvalue weighted by atomic mass is 32.1. The highest BCUT2D eigenvalue weighted by Gasteiger charge is 2.20. The van der Waals surface area contributed by atoms with Gasteiger partial charge in [-0.3, -0.25) is 0 Å². The summed E-state index contributed by atoms with van der Waals surface area (Å²) >= 11 is 1.82. The van der Waals surface area contributed by atoms with Crippen LogP contribution in [0.15, 0.2) is 29.7 Å². The number of hydrogen-bond donors (Lipinski definition) is 1. The van der Waals surface area contributed by atoms with E-state index in [1.807, 2.05) is 11.3 Å². The maximum atomic E-state index is 6.03. The number of rotatable bonds is 1. The van der Waals surface area contributed by atoms with Crippen molar-refractivity contribution in [2.24, 2.45) is 5.73 Å². The molecule has 0 saturated heterocycles. The molecule has 12 heavy (non-hydrogen) atoms. The fraction of sp³-hybridized carbons (Fsp3) is 0.400. The van der Waals surface area contributed by atoms with Gasteiger partial charge in [-0.2, -0.15) is 0 Å². The van der Waals surface area contributed by atoms with Gasteiger partial charge in [-0.05, 0) is 24.3 Å². The Bertz CT molecular complexity index is 263. The summed E-state index contributed by atoms with van der Waals surface area (Å²) in [6.45, 7) is 0. The SMILES string of the molecule is N[C@@H]1CC=CC[C@H]1c1cccs1. The second-order valence-electron chi connectivity index (χ2n) is 3.23. The predicted octanol–water partition coefficient (Wildman–Crippen LogP) is 2.51. The predicted molar refractivity (Wildman–Crippen MR) is 53.4 cm³/mol. The number of allylic oxidation sites excluding steroid dienone is 1. The number of nitrogens with two attached hydrogens (primary N) is 1. The Labute approximate surface area is 76.9 Å². The van der Waals surface area contributed by atoms with Gasteiger partial charge in [-0.25, -0.2) is 0 Å². The minimum atomic E-state index is 0.327. The molecule has 1 aromatic heterocycles. The van der Waals surface area contributed by atoms with Gasteiger partial charge in [0.2, 0.25) is 0 Å². The Morgan fingerprint density at radius 1 is 1.33 bits per heavy atom. The minimum absolute atomic E-state index is 0.327. The molecule has 0 bridgehead atoms. The van der Waals surface area contributed by atoms with Gasteiger partial charge in [-0.15, -0.1) is 11.3 Å². The van der Waals surface area contributed by atoms with Crippen LogP contribution in [0.4, 0.5) is 0 Å². The van der Waals surface area contributed by atoms with Crippen molar-refractivity contribution in [3.8, 4) is 0 Å². The zero-order valence-corrected chi connectivity index (χ0v) is 7.76. The number of hydrogen-bond acceptors (Lipinski definition) is 2. The van der Waals surface area contributed by atoms with E-state index in [1.54, 1.807) is 0 Å². The number of thiophene rings is 1. The Morgan fingerprint density at radius 2 is 2.17 bits per heavy atom. The maximum absolute atomic E-state index is 6.03. The molecule has 2 heteroatoms. The average Bonchev–Trinajstić information content (AvgIpc) is 2.57. The largest absolute Gasteiger partial charge is 0.327 e. The van der Waals surface area contributed by atoms with Crippen molar-refractivity contribution in [1.82, 2.24) is 0 Å².